The van der Waals surface area contributed by atoms with Gasteiger partial charge in [0.25, 0.3) is 0 Å². The first-order valence-corrected chi connectivity index (χ1v) is 14.4. The quantitative estimate of drug-likeness (QED) is 0.115. The zero-order valence-electron chi connectivity index (χ0n) is 15.2. The summed E-state index contributed by atoms with van der Waals surface area (Å²) in [5.74, 6) is -3.92. The zero-order chi connectivity index (χ0) is 23.0. The Bertz CT molecular complexity index is 541. The Balaban J connectivity index is 7.20. The highest BCUT2D eigenvalue weighted by Gasteiger charge is 2.66. The second-order valence-electron chi connectivity index (χ2n) is 6.30. The summed E-state index contributed by atoms with van der Waals surface area (Å²) in [7, 11) is -10.8. The van der Waals surface area contributed by atoms with Crippen molar-refractivity contribution in [3.63, 3.8) is 0 Å². The monoisotopic (exact) mass is 580 g/mol. The van der Waals surface area contributed by atoms with Gasteiger partial charge in [-0.3, -0.25) is 9.05 Å². The zero-order valence-corrected chi connectivity index (χ0v) is 21.5. The normalized spacial score (nSPS) is 14.4. The minimum absolute atomic E-state index is 0.0338. The molecule has 0 radical (unpaired) electrons. The highest BCUT2D eigenvalue weighted by atomic mass is 35.5. The SMILES string of the molecule is O=P(O)(O)OC(CCCl)(OP(=O)(O)O)C(CCl)(CCl)C(CCCl)(CCCl)CCCl. The molecule has 0 aromatic carbocycles. The van der Waals surface area contributed by atoms with Gasteiger partial charge < -0.3 is 19.6 Å². The molecule has 0 unspecified atom stereocenters. The number of phosphoric acid groups is 2. The van der Waals surface area contributed by atoms with Gasteiger partial charge in [-0.2, -0.15) is 0 Å². The van der Waals surface area contributed by atoms with Crippen LogP contribution < -0.4 is 0 Å². The van der Waals surface area contributed by atoms with Gasteiger partial charge in [-0.25, -0.2) is 9.13 Å². The number of hydrogen-bond acceptors (Lipinski definition) is 4. The number of halogens is 6. The molecule has 0 aliphatic carbocycles. The van der Waals surface area contributed by atoms with Gasteiger partial charge in [-0.05, 0) is 24.7 Å². The van der Waals surface area contributed by atoms with E-state index >= 15 is 0 Å². The summed E-state index contributed by atoms with van der Waals surface area (Å²) in [6.45, 7) is 0. The van der Waals surface area contributed by atoms with Crippen LogP contribution in [0, 0.1) is 10.8 Å². The van der Waals surface area contributed by atoms with Gasteiger partial charge in [0.05, 0.1) is 5.41 Å². The largest absolute Gasteiger partial charge is 0.472 e. The average molecular weight is 583 g/mol. The van der Waals surface area contributed by atoms with Crippen molar-refractivity contribution in [1.29, 1.82) is 0 Å². The summed E-state index contributed by atoms with van der Waals surface area (Å²) < 4.78 is 33.4. The molecule has 0 atom stereocenters. The Labute approximate surface area is 199 Å². The van der Waals surface area contributed by atoms with Crippen LogP contribution in [0.3, 0.4) is 0 Å². The van der Waals surface area contributed by atoms with E-state index in [4.69, 9.17) is 78.7 Å². The van der Waals surface area contributed by atoms with Gasteiger partial charge in [0.1, 0.15) is 0 Å². The second-order valence-corrected chi connectivity index (χ2v) is 10.7. The Morgan fingerprint density at radius 2 is 0.931 bits per heavy atom. The van der Waals surface area contributed by atoms with Crippen LogP contribution in [0.5, 0.6) is 0 Å². The number of alkyl halides is 6. The van der Waals surface area contributed by atoms with E-state index in [1.54, 1.807) is 0 Å². The van der Waals surface area contributed by atoms with Crippen molar-refractivity contribution in [2.75, 3.05) is 35.3 Å². The van der Waals surface area contributed by atoms with Gasteiger partial charge in [0, 0.05) is 41.7 Å². The standard InChI is InChI=1S/C13H24Cl6O8P2/c14-5-1-11(2-6-15,3-7-16)12(9-18,10-19)13(4-8-17,26-28(20,21)22)27-29(23,24)25/h1-10H2,(H2,20,21,22)(H2,23,24,25). The van der Waals surface area contributed by atoms with Crippen LogP contribution >= 0.6 is 85.3 Å². The first-order valence-electron chi connectivity index (χ1n) is 8.16. The van der Waals surface area contributed by atoms with Crippen molar-refractivity contribution in [1.82, 2.24) is 0 Å². The molecule has 0 aliphatic heterocycles. The number of hydrogen-bond donors (Lipinski definition) is 4. The lowest BCUT2D eigenvalue weighted by molar-refractivity contribution is -0.246. The summed E-state index contributed by atoms with van der Waals surface area (Å²) in [5.41, 5.74) is -2.98. The molecule has 0 aromatic heterocycles. The molecule has 0 aliphatic rings. The van der Waals surface area contributed by atoms with Gasteiger partial charge in [-0.15, -0.1) is 69.6 Å². The molecule has 0 spiro atoms. The van der Waals surface area contributed by atoms with Crippen LogP contribution in [0.15, 0.2) is 0 Å². The fourth-order valence-electron chi connectivity index (χ4n) is 3.59. The Morgan fingerprint density at radius 3 is 1.14 bits per heavy atom. The third-order valence-electron chi connectivity index (χ3n) is 4.88. The molecule has 0 heterocycles. The summed E-state index contributed by atoms with van der Waals surface area (Å²) in [5, 5.41) is 0. The molecule has 0 rings (SSSR count). The lowest BCUT2D eigenvalue weighted by Crippen LogP contribution is -2.63. The molecule has 0 aromatic rings. The lowest BCUT2D eigenvalue weighted by atomic mass is 9.56. The van der Waals surface area contributed by atoms with E-state index < -0.39 is 50.4 Å². The topological polar surface area (TPSA) is 134 Å². The maximum absolute atomic E-state index is 11.8. The Kier molecular flexibility index (Phi) is 13.9. The number of phosphoric ester groups is 2. The van der Waals surface area contributed by atoms with Gasteiger partial charge in [-0.1, -0.05) is 0 Å². The average Bonchev–Trinajstić information content (AvgIpc) is 2.54. The third kappa shape index (κ3) is 8.04. The molecule has 16 heteroatoms. The summed E-state index contributed by atoms with van der Waals surface area (Å²) in [6, 6.07) is 0. The molecule has 8 nitrogen and oxygen atoms in total. The number of rotatable bonds is 16. The van der Waals surface area contributed by atoms with E-state index in [9.17, 15) is 28.7 Å². The molecule has 0 saturated heterocycles. The van der Waals surface area contributed by atoms with Crippen LogP contribution in [0.2, 0.25) is 0 Å². The van der Waals surface area contributed by atoms with E-state index in [0.717, 1.165) is 0 Å². The predicted octanol–water partition coefficient (Wildman–Crippen LogP) is 4.87. The molecule has 29 heavy (non-hydrogen) atoms. The Morgan fingerprint density at radius 1 is 0.621 bits per heavy atom. The molecule has 4 N–H and O–H groups in total. The van der Waals surface area contributed by atoms with E-state index in [2.05, 4.69) is 0 Å². The molecule has 176 valence electrons. The van der Waals surface area contributed by atoms with Crippen molar-refractivity contribution >= 4 is 85.3 Å². The fraction of sp³-hybridized carbons (Fsp3) is 1.00. The van der Waals surface area contributed by atoms with Gasteiger partial charge in [0.2, 0.25) is 5.79 Å². The minimum Gasteiger partial charge on any atom is -0.303 e. The Hall–Kier alpha value is 1.96. The maximum atomic E-state index is 11.8. The van der Waals surface area contributed by atoms with Crippen molar-refractivity contribution in [3.8, 4) is 0 Å². The van der Waals surface area contributed by atoms with E-state index in [1.165, 1.54) is 0 Å². The van der Waals surface area contributed by atoms with Crippen LogP contribution in [0.4, 0.5) is 0 Å². The molecular weight excluding hydrogens is 559 g/mol. The fourth-order valence-corrected chi connectivity index (χ4v) is 7.62. The maximum Gasteiger partial charge on any atom is 0.472 e. The van der Waals surface area contributed by atoms with E-state index in [0.29, 0.717) is 0 Å². The first-order chi connectivity index (χ1) is 13.3. The van der Waals surface area contributed by atoms with Gasteiger partial charge >= 0.3 is 15.6 Å². The summed E-state index contributed by atoms with van der Waals surface area (Å²) in [4.78, 5) is 38.1. The summed E-state index contributed by atoms with van der Waals surface area (Å²) in [6.07, 6.45) is -0.176. The smallest absolute Gasteiger partial charge is 0.303 e. The molecular formula is C13H24Cl6O8P2. The predicted molar refractivity (Wildman–Crippen MR) is 117 cm³/mol. The van der Waals surface area contributed by atoms with E-state index in [-0.39, 0.29) is 42.8 Å². The first kappa shape index (κ1) is 31.0. The second kappa shape index (κ2) is 13.0. The van der Waals surface area contributed by atoms with Crippen molar-refractivity contribution in [2.24, 2.45) is 10.8 Å². The molecule has 0 saturated carbocycles. The molecule has 0 amide bonds. The minimum atomic E-state index is -5.40. The highest BCUT2D eigenvalue weighted by Crippen LogP contribution is 2.65. The third-order valence-corrected chi connectivity index (χ3v) is 7.61. The van der Waals surface area contributed by atoms with Gasteiger partial charge in [0.15, 0.2) is 0 Å². The van der Waals surface area contributed by atoms with Crippen molar-refractivity contribution in [3.05, 3.63) is 0 Å². The van der Waals surface area contributed by atoms with Crippen LogP contribution in [0.1, 0.15) is 25.7 Å². The lowest BCUT2D eigenvalue weighted by Gasteiger charge is -2.57. The van der Waals surface area contributed by atoms with Crippen LogP contribution in [0.25, 0.3) is 0 Å². The highest BCUT2D eigenvalue weighted by molar-refractivity contribution is 7.47. The van der Waals surface area contributed by atoms with Crippen LogP contribution in [-0.2, 0) is 18.2 Å². The molecule has 0 bridgehead atoms. The van der Waals surface area contributed by atoms with Crippen molar-refractivity contribution in [2.45, 2.75) is 31.5 Å². The summed E-state index contributed by atoms with van der Waals surface area (Å²) >= 11 is 36.3. The van der Waals surface area contributed by atoms with E-state index in [1.807, 2.05) is 0 Å². The van der Waals surface area contributed by atoms with Crippen LogP contribution in [-0.4, -0.2) is 60.6 Å². The molecule has 0 fully saturated rings. The van der Waals surface area contributed by atoms with Crippen molar-refractivity contribution < 1.29 is 37.8 Å².